The third-order valence-corrected chi connectivity index (χ3v) is 4.51. The van der Waals surface area contributed by atoms with Crippen LogP contribution in [0.25, 0.3) is 0 Å². The number of rotatable bonds is 5. The van der Waals surface area contributed by atoms with Gasteiger partial charge in [-0.3, -0.25) is 9.78 Å². The van der Waals surface area contributed by atoms with E-state index in [0.29, 0.717) is 18.8 Å². The predicted molar refractivity (Wildman–Crippen MR) is 98.9 cm³/mol. The summed E-state index contributed by atoms with van der Waals surface area (Å²) in [5.74, 6) is -0.0590. The van der Waals surface area contributed by atoms with Crippen LogP contribution in [-0.4, -0.2) is 37.2 Å². The van der Waals surface area contributed by atoms with Gasteiger partial charge >= 0.3 is 0 Å². The monoisotopic (exact) mass is 339 g/mol. The van der Waals surface area contributed by atoms with Crippen LogP contribution in [0.5, 0.6) is 0 Å². The number of carbonyl (C=O) groups excluding carboxylic acids is 1. The van der Waals surface area contributed by atoms with Gasteiger partial charge in [0.2, 0.25) is 0 Å². The van der Waals surface area contributed by atoms with Crippen molar-refractivity contribution in [3.8, 4) is 0 Å². The second-order valence-corrected chi connectivity index (χ2v) is 6.31. The first-order chi connectivity index (χ1) is 12.2. The number of aryl methyl sites for hydroxylation is 1. The van der Waals surface area contributed by atoms with Gasteiger partial charge in [-0.25, -0.2) is 0 Å². The zero-order valence-electron chi connectivity index (χ0n) is 14.9. The molecule has 0 spiro atoms. The minimum Gasteiger partial charge on any atom is -0.378 e. The highest BCUT2D eigenvalue weighted by Gasteiger charge is 2.21. The van der Waals surface area contributed by atoms with Crippen LogP contribution in [0.3, 0.4) is 0 Å². The molecule has 1 aliphatic heterocycles. The average molecular weight is 339 g/mol. The van der Waals surface area contributed by atoms with Crippen molar-refractivity contribution in [3.63, 3.8) is 0 Å². The summed E-state index contributed by atoms with van der Waals surface area (Å²) in [7, 11) is 0. The number of anilines is 1. The fourth-order valence-electron chi connectivity index (χ4n) is 3.05. The van der Waals surface area contributed by atoms with Gasteiger partial charge in [-0.1, -0.05) is 25.1 Å². The molecule has 0 saturated carbocycles. The van der Waals surface area contributed by atoms with Crippen molar-refractivity contribution in [2.45, 2.75) is 26.3 Å². The molecule has 1 fully saturated rings. The summed E-state index contributed by atoms with van der Waals surface area (Å²) in [6.07, 6.45) is 2.63. The number of benzene rings is 1. The highest BCUT2D eigenvalue weighted by atomic mass is 16.5. The quantitative estimate of drug-likeness (QED) is 0.909. The van der Waals surface area contributed by atoms with Gasteiger partial charge in [-0.2, -0.15) is 0 Å². The summed E-state index contributed by atoms with van der Waals surface area (Å²) in [5.41, 5.74) is 3.68. The fourth-order valence-corrected chi connectivity index (χ4v) is 3.05. The first-order valence-corrected chi connectivity index (χ1v) is 8.84. The van der Waals surface area contributed by atoms with Gasteiger partial charge in [0.25, 0.3) is 5.91 Å². The number of hydrogen-bond acceptors (Lipinski definition) is 4. The number of amides is 1. The topological polar surface area (TPSA) is 54.5 Å². The van der Waals surface area contributed by atoms with E-state index in [1.807, 2.05) is 49.5 Å². The minimum atomic E-state index is -0.0918. The van der Waals surface area contributed by atoms with Crippen molar-refractivity contribution in [1.29, 1.82) is 0 Å². The lowest BCUT2D eigenvalue weighted by molar-refractivity contribution is 0.0933. The Labute approximate surface area is 149 Å². The van der Waals surface area contributed by atoms with Crippen LogP contribution < -0.4 is 10.2 Å². The first-order valence-electron chi connectivity index (χ1n) is 8.84. The normalized spacial score (nSPS) is 15.7. The number of para-hydroxylation sites is 1. The number of ether oxygens (including phenoxy) is 1. The number of morpholine rings is 1. The van der Waals surface area contributed by atoms with E-state index in [4.69, 9.17) is 4.74 Å². The van der Waals surface area contributed by atoms with Gasteiger partial charge in [0.15, 0.2) is 0 Å². The van der Waals surface area contributed by atoms with E-state index in [1.54, 1.807) is 0 Å². The summed E-state index contributed by atoms with van der Waals surface area (Å²) in [6, 6.07) is 11.7. The van der Waals surface area contributed by atoms with Crippen molar-refractivity contribution >= 4 is 11.6 Å². The van der Waals surface area contributed by atoms with Crippen LogP contribution in [-0.2, 0) is 4.74 Å². The van der Waals surface area contributed by atoms with Gasteiger partial charge < -0.3 is 15.0 Å². The molecule has 2 aromatic rings. The molecule has 1 amide bonds. The maximum Gasteiger partial charge on any atom is 0.253 e. The zero-order valence-corrected chi connectivity index (χ0v) is 14.9. The van der Waals surface area contributed by atoms with Crippen LogP contribution in [0.15, 0.2) is 42.6 Å². The maximum absolute atomic E-state index is 12.9. The third-order valence-electron chi connectivity index (χ3n) is 4.51. The molecule has 1 atom stereocenters. The van der Waals surface area contributed by atoms with Gasteiger partial charge in [0.1, 0.15) is 0 Å². The molecule has 1 aromatic heterocycles. The molecule has 3 rings (SSSR count). The molecule has 1 aromatic carbocycles. The number of aromatic nitrogens is 1. The zero-order chi connectivity index (χ0) is 17.6. The Morgan fingerprint density at radius 2 is 2.00 bits per heavy atom. The van der Waals surface area contributed by atoms with E-state index in [1.165, 1.54) is 0 Å². The van der Waals surface area contributed by atoms with E-state index in [9.17, 15) is 4.79 Å². The predicted octanol–water partition coefficient (Wildman–Crippen LogP) is 3.11. The Kier molecular flexibility index (Phi) is 5.66. The SMILES string of the molecule is CC[C@H](NC(=O)c1ccccc1N1CCOCC1)c1ccc(C)cn1. The molecule has 0 radical (unpaired) electrons. The molecular weight excluding hydrogens is 314 g/mol. The summed E-state index contributed by atoms with van der Waals surface area (Å²) in [4.78, 5) is 19.6. The first kappa shape index (κ1) is 17.4. The molecule has 132 valence electrons. The molecule has 2 heterocycles. The van der Waals surface area contributed by atoms with E-state index in [-0.39, 0.29) is 11.9 Å². The van der Waals surface area contributed by atoms with E-state index >= 15 is 0 Å². The lowest BCUT2D eigenvalue weighted by atomic mass is 10.1. The Bertz CT molecular complexity index is 709. The molecule has 0 unspecified atom stereocenters. The molecule has 1 saturated heterocycles. The Hall–Kier alpha value is -2.40. The highest BCUT2D eigenvalue weighted by molar-refractivity contribution is 6.00. The van der Waals surface area contributed by atoms with Crippen molar-refractivity contribution in [2.24, 2.45) is 0 Å². The second kappa shape index (κ2) is 8.12. The van der Waals surface area contributed by atoms with Crippen molar-refractivity contribution in [1.82, 2.24) is 10.3 Å². The smallest absolute Gasteiger partial charge is 0.253 e. The average Bonchev–Trinajstić information content (AvgIpc) is 2.67. The number of hydrogen-bond donors (Lipinski definition) is 1. The van der Waals surface area contributed by atoms with Gasteiger partial charge in [-0.05, 0) is 37.1 Å². The molecule has 1 aliphatic rings. The molecule has 0 bridgehead atoms. The lowest BCUT2D eigenvalue weighted by Gasteiger charge is -2.30. The molecule has 0 aliphatic carbocycles. The highest BCUT2D eigenvalue weighted by Crippen LogP contribution is 2.23. The van der Waals surface area contributed by atoms with Gasteiger partial charge in [-0.15, -0.1) is 0 Å². The van der Waals surface area contributed by atoms with Gasteiger partial charge in [0.05, 0.1) is 30.5 Å². The number of pyridine rings is 1. The summed E-state index contributed by atoms with van der Waals surface area (Å²) in [5, 5.41) is 3.14. The standard InChI is InChI=1S/C20H25N3O2/c1-3-17(18-9-8-15(2)14-21-18)22-20(24)16-6-4-5-7-19(16)23-10-12-25-13-11-23/h4-9,14,17H,3,10-13H2,1-2H3,(H,22,24)/t17-/m0/s1. The molecule has 5 nitrogen and oxygen atoms in total. The van der Waals surface area contributed by atoms with E-state index in [0.717, 1.165) is 36.5 Å². The van der Waals surface area contributed by atoms with Crippen molar-refractivity contribution < 1.29 is 9.53 Å². The van der Waals surface area contributed by atoms with Crippen LogP contribution in [0.4, 0.5) is 5.69 Å². The fraction of sp³-hybridized carbons (Fsp3) is 0.400. The largest absolute Gasteiger partial charge is 0.378 e. The van der Waals surface area contributed by atoms with E-state index in [2.05, 4.69) is 22.1 Å². The maximum atomic E-state index is 12.9. The minimum absolute atomic E-state index is 0.0590. The second-order valence-electron chi connectivity index (χ2n) is 6.31. The molecule has 5 heteroatoms. The summed E-state index contributed by atoms with van der Waals surface area (Å²) < 4.78 is 5.42. The molecule has 1 N–H and O–H groups in total. The van der Waals surface area contributed by atoms with Crippen molar-refractivity contribution in [3.05, 3.63) is 59.4 Å². The van der Waals surface area contributed by atoms with Gasteiger partial charge in [0, 0.05) is 25.0 Å². The van der Waals surface area contributed by atoms with Crippen LogP contribution in [0, 0.1) is 6.92 Å². The summed E-state index contributed by atoms with van der Waals surface area (Å²) in [6.45, 7) is 7.07. The lowest BCUT2D eigenvalue weighted by Crippen LogP contribution is -2.38. The Morgan fingerprint density at radius 1 is 1.24 bits per heavy atom. The number of carbonyl (C=O) groups is 1. The third kappa shape index (κ3) is 4.17. The van der Waals surface area contributed by atoms with Crippen LogP contribution >= 0.6 is 0 Å². The van der Waals surface area contributed by atoms with Crippen LogP contribution in [0.1, 0.15) is 41.0 Å². The number of nitrogens with one attached hydrogen (secondary N) is 1. The van der Waals surface area contributed by atoms with Crippen molar-refractivity contribution in [2.75, 3.05) is 31.2 Å². The van der Waals surface area contributed by atoms with Crippen LogP contribution in [0.2, 0.25) is 0 Å². The van der Waals surface area contributed by atoms with E-state index < -0.39 is 0 Å². The summed E-state index contributed by atoms with van der Waals surface area (Å²) >= 11 is 0. The Morgan fingerprint density at radius 3 is 2.68 bits per heavy atom. The molecular formula is C20H25N3O2. The molecule has 25 heavy (non-hydrogen) atoms. The Balaban J connectivity index is 1.79. The number of nitrogens with zero attached hydrogens (tertiary/aromatic N) is 2.